The maximum atomic E-state index is 6.19. The second-order valence-electron chi connectivity index (χ2n) is 13.3. The molecule has 0 N–H and O–H groups in total. The molecular formula is C47H28N4O. The smallest absolute Gasteiger partial charge is 0.164 e. The molecule has 5 heteroatoms. The van der Waals surface area contributed by atoms with Gasteiger partial charge in [0, 0.05) is 43.9 Å². The second kappa shape index (κ2) is 11.2. The average molecular weight is 665 g/mol. The van der Waals surface area contributed by atoms with Crippen molar-refractivity contribution < 1.29 is 4.42 Å². The highest BCUT2D eigenvalue weighted by Crippen LogP contribution is 2.37. The summed E-state index contributed by atoms with van der Waals surface area (Å²) in [7, 11) is 0. The molecule has 3 aromatic heterocycles. The Morgan fingerprint density at radius 1 is 0.346 bits per heavy atom. The Morgan fingerprint density at radius 2 is 0.923 bits per heavy atom. The Morgan fingerprint density at radius 3 is 1.73 bits per heavy atom. The zero-order valence-electron chi connectivity index (χ0n) is 27.9. The molecule has 0 atom stereocenters. The Bertz CT molecular complexity index is 3190. The van der Waals surface area contributed by atoms with E-state index in [1.807, 2.05) is 12.1 Å². The summed E-state index contributed by atoms with van der Waals surface area (Å²) in [5.41, 5.74) is 7.91. The highest BCUT2D eigenvalue weighted by Gasteiger charge is 2.17. The third-order valence-corrected chi connectivity index (χ3v) is 10.2. The van der Waals surface area contributed by atoms with Crippen molar-refractivity contribution in [1.29, 1.82) is 0 Å². The van der Waals surface area contributed by atoms with Gasteiger partial charge in [0.05, 0.1) is 11.0 Å². The van der Waals surface area contributed by atoms with Crippen LogP contribution < -0.4 is 0 Å². The summed E-state index contributed by atoms with van der Waals surface area (Å²) in [5.74, 6) is 1.87. The van der Waals surface area contributed by atoms with Crippen LogP contribution in [0.3, 0.4) is 0 Å². The Balaban J connectivity index is 1.13. The molecule has 0 saturated heterocycles. The maximum Gasteiger partial charge on any atom is 0.164 e. The third-order valence-electron chi connectivity index (χ3n) is 10.2. The lowest BCUT2D eigenvalue weighted by atomic mass is 10.0. The van der Waals surface area contributed by atoms with Crippen molar-refractivity contribution in [2.75, 3.05) is 0 Å². The van der Waals surface area contributed by atoms with Crippen LogP contribution in [0.5, 0.6) is 0 Å². The van der Waals surface area contributed by atoms with Crippen molar-refractivity contribution in [3.8, 4) is 39.9 Å². The van der Waals surface area contributed by atoms with Gasteiger partial charge in [-0.2, -0.15) is 0 Å². The molecule has 11 aromatic rings. The molecule has 5 nitrogen and oxygen atoms in total. The third kappa shape index (κ3) is 4.53. The molecule has 0 radical (unpaired) electrons. The van der Waals surface area contributed by atoms with Gasteiger partial charge in [0.25, 0.3) is 0 Å². The van der Waals surface area contributed by atoms with Crippen molar-refractivity contribution in [2.24, 2.45) is 0 Å². The summed E-state index contributed by atoms with van der Waals surface area (Å²) in [5, 5.41) is 9.09. The van der Waals surface area contributed by atoms with E-state index < -0.39 is 0 Å². The molecule has 0 aliphatic heterocycles. The lowest BCUT2D eigenvalue weighted by Crippen LogP contribution is -2.00. The molecule has 0 spiro atoms. The van der Waals surface area contributed by atoms with Crippen LogP contribution >= 0.6 is 0 Å². The van der Waals surface area contributed by atoms with E-state index in [4.69, 9.17) is 19.4 Å². The normalized spacial score (nSPS) is 11.8. The summed E-state index contributed by atoms with van der Waals surface area (Å²) < 4.78 is 8.51. The number of fused-ring (bicyclic) bond motifs is 8. The van der Waals surface area contributed by atoms with Crippen molar-refractivity contribution >= 4 is 65.3 Å². The molecule has 52 heavy (non-hydrogen) atoms. The number of hydrogen-bond donors (Lipinski definition) is 0. The number of nitrogens with zero attached hydrogens (tertiary/aromatic N) is 4. The van der Waals surface area contributed by atoms with E-state index in [0.717, 1.165) is 71.5 Å². The lowest BCUT2D eigenvalue weighted by Gasteiger charge is -2.11. The largest absolute Gasteiger partial charge is 0.456 e. The van der Waals surface area contributed by atoms with Crippen LogP contribution in [0.25, 0.3) is 105 Å². The minimum Gasteiger partial charge on any atom is -0.456 e. The van der Waals surface area contributed by atoms with Gasteiger partial charge in [0.1, 0.15) is 11.2 Å². The minimum atomic E-state index is 0.621. The van der Waals surface area contributed by atoms with Crippen LogP contribution in [0.2, 0.25) is 0 Å². The highest BCUT2D eigenvalue weighted by molar-refractivity contribution is 6.11. The van der Waals surface area contributed by atoms with Gasteiger partial charge in [0.15, 0.2) is 17.5 Å². The molecule has 0 amide bonds. The van der Waals surface area contributed by atoms with E-state index in [1.165, 1.54) is 16.2 Å². The molecule has 8 aromatic carbocycles. The predicted molar refractivity (Wildman–Crippen MR) is 213 cm³/mol. The molecule has 0 fully saturated rings. The topological polar surface area (TPSA) is 56.7 Å². The van der Waals surface area contributed by atoms with E-state index in [-0.39, 0.29) is 0 Å². The van der Waals surface area contributed by atoms with Gasteiger partial charge in [-0.1, -0.05) is 115 Å². The summed E-state index contributed by atoms with van der Waals surface area (Å²) in [6, 6.07) is 59.3. The fourth-order valence-corrected chi connectivity index (χ4v) is 7.66. The first-order chi connectivity index (χ1) is 25.7. The van der Waals surface area contributed by atoms with E-state index >= 15 is 0 Å². The summed E-state index contributed by atoms with van der Waals surface area (Å²) in [6.07, 6.45) is 0. The second-order valence-corrected chi connectivity index (χ2v) is 13.3. The van der Waals surface area contributed by atoms with Crippen molar-refractivity contribution in [1.82, 2.24) is 19.5 Å². The van der Waals surface area contributed by atoms with E-state index in [1.54, 1.807) is 0 Å². The molecule has 242 valence electrons. The fraction of sp³-hybridized carbons (Fsp3) is 0. The zero-order valence-corrected chi connectivity index (χ0v) is 27.9. The number of hydrogen-bond acceptors (Lipinski definition) is 4. The van der Waals surface area contributed by atoms with Gasteiger partial charge in [-0.15, -0.1) is 0 Å². The number of furan rings is 1. The van der Waals surface area contributed by atoms with Gasteiger partial charge in [-0.25, -0.2) is 15.0 Å². The number of benzene rings is 8. The summed E-state index contributed by atoms with van der Waals surface area (Å²) >= 11 is 0. The van der Waals surface area contributed by atoms with Gasteiger partial charge < -0.3 is 8.98 Å². The first-order valence-corrected chi connectivity index (χ1v) is 17.4. The Labute approximate surface area is 298 Å². The number of aromatic nitrogens is 4. The molecule has 3 heterocycles. The van der Waals surface area contributed by atoms with Crippen LogP contribution in [0, 0.1) is 0 Å². The maximum absolute atomic E-state index is 6.19. The molecule has 0 unspecified atom stereocenters. The van der Waals surface area contributed by atoms with Gasteiger partial charge in [-0.05, 0) is 76.1 Å². The van der Waals surface area contributed by atoms with Crippen LogP contribution in [-0.4, -0.2) is 19.5 Å². The molecule has 0 saturated carbocycles. The predicted octanol–water partition coefficient (Wildman–Crippen LogP) is 12.2. The summed E-state index contributed by atoms with van der Waals surface area (Å²) in [4.78, 5) is 15.5. The zero-order chi connectivity index (χ0) is 34.2. The monoisotopic (exact) mass is 664 g/mol. The fourth-order valence-electron chi connectivity index (χ4n) is 7.66. The van der Waals surface area contributed by atoms with E-state index in [9.17, 15) is 0 Å². The Hall–Kier alpha value is -7.11. The molecule has 11 rings (SSSR count). The quantitative estimate of drug-likeness (QED) is 0.188. The standard InChI is InChI=1S/C47H28N4O/c1-2-12-36(13-3-1)51-41-16-8-6-14-37(41)38-23-22-34(27-42(38)51)47-49-45(32-20-18-29-10-4-5-11-30(29)24-32)48-46(50-47)33-21-19-31-28-44-40(26-35(31)25-33)39-15-7-9-17-43(39)52-44/h1-28H. The molecule has 0 aliphatic carbocycles. The van der Waals surface area contributed by atoms with Gasteiger partial charge in [0.2, 0.25) is 0 Å². The molecular weight excluding hydrogens is 637 g/mol. The van der Waals surface area contributed by atoms with Gasteiger partial charge >= 0.3 is 0 Å². The summed E-state index contributed by atoms with van der Waals surface area (Å²) in [6.45, 7) is 0. The molecule has 0 bridgehead atoms. The first-order valence-electron chi connectivity index (χ1n) is 17.4. The van der Waals surface area contributed by atoms with Crippen LogP contribution in [0.1, 0.15) is 0 Å². The van der Waals surface area contributed by atoms with Gasteiger partial charge in [-0.3, -0.25) is 0 Å². The lowest BCUT2D eigenvalue weighted by molar-refractivity contribution is 0.669. The van der Waals surface area contributed by atoms with Crippen molar-refractivity contribution in [3.05, 3.63) is 170 Å². The van der Waals surface area contributed by atoms with Crippen LogP contribution in [-0.2, 0) is 0 Å². The van der Waals surface area contributed by atoms with E-state index in [0.29, 0.717) is 17.5 Å². The van der Waals surface area contributed by atoms with Crippen molar-refractivity contribution in [2.45, 2.75) is 0 Å². The first kappa shape index (κ1) is 28.7. The average Bonchev–Trinajstić information content (AvgIpc) is 3.74. The number of para-hydroxylation sites is 3. The SMILES string of the molecule is c1ccc(-n2c3ccccc3c3ccc(-c4nc(-c5ccc6ccccc6c5)nc(-c5ccc6cc7oc8ccccc8c7cc6c5)n4)cc32)cc1. The number of rotatable bonds is 4. The van der Waals surface area contributed by atoms with E-state index in [2.05, 4.69) is 162 Å². The minimum absolute atomic E-state index is 0.621. The van der Waals surface area contributed by atoms with Crippen LogP contribution in [0.15, 0.2) is 174 Å². The van der Waals surface area contributed by atoms with Crippen LogP contribution in [0.4, 0.5) is 0 Å². The Kier molecular flexibility index (Phi) is 6.18. The highest BCUT2D eigenvalue weighted by atomic mass is 16.3. The van der Waals surface area contributed by atoms with Crippen molar-refractivity contribution in [3.63, 3.8) is 0 Å². The molecule has 0 aliphatic rings.